The number of sulfonamides is 1. The van der Waals surface area contributed by atoms with Crippen LogP contribution in [0.15, 0.2) is 53.4 Å². The summed E-state index contributed by atoms with van der Waals surface area (Å²) in [5, 5.41) is 0.379. The lowest BCUT2D eigenvalue weighted by molar-refractivity contribution is -0.121. The van der Waals surface area contributed by atoms with Crippen LogP contribution in [0.5, 0.6) is 0 Å². The summed E-state index contributed by atoms with van der Waals surface area (Å²) in [6.45, 7) is -0.533. The van der Waals surface area contributed by atoms with E-state index in [2.05, 4.69) is 10.9 Å². The molecule has 7 nitrogen and oxygen atoms in total. The largest absolute Gasteiger partial charge is 0.272 e. The Hall–Kier alpha value is -2.49. The van der Waals surface area contributed by atoms with Gasteiger partial charge in [0.2, 0.25) is 10.0 Å². The Morgan fingerprint density at radius 1 is 1.12 bits per heavy atom. The van der Waals surface area contributed by atoms with Crippen molar-refractivity contribution in [2.24, 2.45) is 0 Å². The van der Waals surface area contributed by atoms with Gasteiger partial charge in [-0.3, -0.25) is 20.4 Å². The molecule has 0 aliphatic rings. The Morgan fingerprint density at radius 2 is 1.77 bits per heavy atom. The van der Waals surface area contributed by atoms with E-state index in [1.807, 2.05) is 0 Å². The molecule has 0 saturated carbocycles. The molecule has 0 bridgehead atoms. The Bertz CT molecular complexity index is 919. The van der Waals surface area contributed by atoms with Crippen molar-refractivity contribution in [3.05, 3.63) is 64.9 Å². The third kappa shape index (κ3) is 5.01. The number of halogens is 2. The Labute approximate surface area is 154 Å². The van der Waals surface area contributed by atoms with Crippen molar-refractivity contribution >= 4 is 33.4 Å². The first-order valence-electron chi connectivity index (χ1n) is 7.27. The first kappa shape index (κ1) is 19.8. The van der Waals surface area contributed by atoms with Crippen LogP contribution < -0.4 is 10.9 Å². The van der Waals surface area contributed by atoms with Crippen LogP contribution in [-0.4, -0.2) is 38.1 Å². The van der Waals surface area contributed by atoms with E-state index < -0.39 is 34.2 Å². The van der Waals surface area contributed by atoms with Crippen molar-refractivity contribution in [2.45, 2.75) is 4.90 Å². The van der Waals surface area contributed by atoms with E-state index in [1.54, 1.807) is 0 Å². The standard InChI is InChI=1S/C16H15ClFN3O4S/c1-21(26(24,25)14-7-5-12(17)6-8-14)10-15(22)19-20-16(23)11-3-2-4-13(18)9-11/h2-9H,10H2,1H3,(H,19,22)(H,20,23). The molecule has 0 atom stereocenters. The topological polar surface area (TPSA) is 95.6 Å². The number of hydrogen-bond acceptors (Lipinski definition) is 4. The zero-order chi connectivity index (χ0) is 19.3. The van der Waals surface area contributed by atoms with Gasteiger partial charge in [-0.25, -0.2) is 12.8 Å². The van der Waals surface area contributed by atoms with E-state index in [0.717, 1.165) is 10.4 Å². The van der Waals surface area contributed by atoms with Crippen LogP contribution in [-0.2, 0) is 14.8 Å². The average molecular weight is 400 g/mol. The van der Waals surface area contributed by atoms with Crippen LogP contribution in [0.3, 0.4) is 0 Å². The van der Waals surface area contributed by atoms with E-state index >= 15 is 0 Å². The number of nitrogens with zero attached hydrogens (tertiary/aromatic N) is 1. The maximum atomic E-state index is 13.1. The van der Waals surface area contributed by atoms with E-state index in [4.69, 9.17) is 11.6 Å². The molecule has 2 amide bonds. The van der Waals surface area contributed by atoms with Crippen LogP contribution in [0.4, 0.5) is 4.39 Å². The van der Waals surface area contributed by atoms with Gasteiger partial charge >= 0.3 is 0 Å². The van der Waals surface area contributed by atoms with Gasteiger partial charge in [0.15, 0.2) is 0 Å². The van der Waals surface area contributed by atoms with Gasteiger partial charge < -0.3 is 0 Å². The molecule has 10 heteroatoms. The number of rotatable bonds is 5. The molecule has 2 aromatic carbocycles. The minimum Gasteiger partial charge on any atom is -0.272 e. The highest BCUT2D eigenvalue weighted by atomic mass is 35.5. The van der Waals surface area contributed by atoms with Crippen LogP contribution >= 0.6 is 11.6 Å². The van der Waals surface area contributed by atoms with E-state index in [9.17, 15) is 22.4 Å². The molecule has 0 heterocycles. The van der Waals surface area contributed by atoms with Crippen LogP contribution in [0.2, 0.25) is 5.02 Å². The summed E-state index contributed by atoms with van der Waals surface area (Å²) in [5.74, 6) is -2.10. The molecule has 26 heavy (non-hydrogen) atoms. The summed E-state index contributed by atoms with van der Waals surface area (Å²) in [6, 6.07) is 10.4. The zero-order valence-corrected chi connectivity index (χ0v) is 15.1. The molecule has 2 aromatic rings. The van der Waals surface area contributed by atoms with Gasteiger partial charge in [-0.05, 0) is 42.5 Å². The van der Waals surface area contributed by atoms with Crippen LogP contribution in [0.25, 0.3) is 0 Å². The molecule has 2 N–H and O–H groups in total. The molecule has 0 aliphatic heterocycles. The minimum atomic E-state index is -3.90. The van der Waals surface area contributed by atoms with Gasteiger partial charge in [0.05, 0.1) is 11.4 Å². The number of nitrogens with one attached hydrogen (secondary N) is 2. The third-order valence-electron chi connectivity index (χ3n) is 3.29. The van der Waals surface area contributed by atoms with Gasteiger partial charge in [-0.1, -0.05) is 17.7 Å². The molecule has 0 aromatic heterocycles. The second kappa shape index (κ2) is 8.26. The number of hydrogen-bond donors (Lipinski definition) is 2. The van der Waals surface area contributed by atoms with Gasteiger partial charge in [0, 0.05) is 17.6 Å². The summed E-state index contributed by atoms with van der Waals surface area (Å²) >= 11 is 5.72. The molecule has 0 aliphatic carbocycles. The molecular formula is C16H15ClFN3O4S. The molecule has 0 fully saturated rings. The monoisotopic (exact) mass is 399 g/mol. The Balaban J connectivity index is 1.94. The first-order chi connectivity index (χ1) is 12.2. The number of amides is 2. The summed E-state index contributed by atoms with van der Waals surface area (Å²) in [5.41, 5.74) is 4.17. The maximum absolute atomic E-state index is 13.1. The Morgan fingerprint density at radius 3 is 2.38 bits per heavy atom. The highest BCUT2D eigenvalue weighted by Crippen LogP contribution is 2.17. The van der Waals surface area contributed by atoms with Crippen molar-refractivity contribution in [1.82, 2.24) is 15.2 Å². The third-order valence-corrected chi connectivity index (χ3v) is 5.36. The maximum Gasteiger partial charge on any atom is 0.269 e. The van der Waals surface area contributed by atoms with Crippen LogP contribution in [0.1, 0.15) is 10.4 Å². The summed E-state index contributed by atoms with van der Waals surface area (Å²) in [6.07, 6.45) is 0. The lowest BCUT2D eigenvalue weighted by Crippen LogP contribution is -2.46. The van der Waals surface area contributed by atoms with Crippen molar-refractivity contribution in [1.29, 1.82) is 0 Å². The highest BCUT2D eigenvalue weighted by molar-refractivity contribution is 7.89. The molecule has 0 saturated heterocycles. The molecule has 2 rings (SSSR count). The number of carbonyl (C=O) groups is 2. The number of benzene rings is 2. The smallest absolute Gasteiger partial charge is 0.269 e. The van der Waals surface area contributed by atoms with Crippen molar-refractivity contribution in [3.63, 3.8) is 0 Å². The fourth-order valence-corrected chi connectivity index (χ4v) is 3.19. The number of likely N-dealkylation sites (N-methyl/N-ethyl adjacent to an activating group) is 1. The Kier molecular flexibility index (Phi) is 6.30. The molecule has 138 valence electrons. The normalized spacial score (nSPS) is 11.2. The SMILES string of the molecule is CN(CC(=O)NNC(=O)c1cccc(F)c1)S(=O)(=O)c1ccc(Cl)cc1. The number of hydrazine groups is 1. The average Bonchev–Trinajstić information content (AvgIpc) is 2.60. The van der Waals surface area contributed by atoms with Gasteiger partial charge in [0.1, 0.15) is 5.82 Å². The van der Waals surface area contributed by atoms with Gasteiger partial charge in [-0.15, -0.1) is 0 Å². The fourth-order valence-electron chi connectivity index (χ4n) is 1.94. The quantitative estimate of drug-likeness (QED) is 0.746. The lowest BCUT2D eigenvalue weighted by atomic mass is 10.2. The zero-order valence-electron chi connectivity index (χ0n) is 13.6. The van der Waals surface area contributed by atoms with E-state index in [1.165, 1.54) is 49.5 Å². The summed E-state index contributed by atoms with van der Waals surface area (Å²) in [7, 11) is -2.68. The molecule has 0 spiro atoms. The van der Waals surface area contributed by atoms with E-state index in [0.29, 0.717) is 5.02 Å². The van der Waals surface area contributed by atoms with Gasteiger partial charge in [-0.2, -0.15) is 4.31 Å². The van der Waals surface area contributed by atoms with Crippen molar-refractivity contribution in [3.8, 4) is 0 Å². The van der Waals surface area contributed by atoms with Crippen molar-refractivity contribution in [2.75, 3.05) is 13.6 Å². The first-order valence-corrected chi connectivity index (χ1v) is 9.08. The minimum absolute atomic E-state index is 0.00689. The second-order valence-electron chi connectivity index (χ2n) is 5.23. The summed E-state index contributed by atoms with van der Waals surface area (Å²) < 4.78 is 38.6. The molecular weight excluding hydrogens is 385 g/mol. The van der Waals surface area contributed by atoms with Gasteiger partial charge in [0.25, 0.3) is 11.8 Å². The molecule has 0 radical (unpaired) electrons. The van der Waals surface area contributed by atoms with Crippen LogP contribution in [0, 0.1) is 5.82 Å². The number of carbonyl (C=O) groups excluding carboxylic acids is 2. The van der Waals surface area contributed by atoms with E-state index in [-0.39, 0.29) is 10.5 Å². The predicted molar refractivity (Wildman–Crippen MR) is 93.3 cm³/mol. The van der Waals surface area contributed by atoms with Crippen molar-refractivity contribution < 1.29 is 22.4 Å². The second-order valence-corrected chi connectivity index (χ2v) is 7.71. The fraction of sp³-hybridized carbons (Fsp3) is 0.125. The lowest BCUT2D eigenvalue weighted by Gasteiger charge is -2.17. The summed E-state index contributed by atoms with van der Waals surface area (Å²) in [4.78, 5) is 23.6. The molecule has 0 unspecified atom stereocenters. The predicted octanol–water partition coefficient (Wildman–Crippen LogP) is 1.56. The highest BCUT2D eigenvalue weighted by Gasteiger charge is 2.23.